The van der Waals surface area contributed by atoms with E-state index in [0.29, 0.717) is 23.8 Å². The summed E-state index contributed by atoms with van der Waals surface area (Å²) in [6, 6.07) is 7.88. The number of benzene rings is 1. The first-order valence-corrected chi connectivity index (χ1v) is 7.27. The second-order valence-electron chi connectivity index (χ2n) is 5.33. The maximum atomic E-state index is 9.14. The minimum Gasteiger partial charge on any atom is -0.495 e. The molecule has 1 saturated carbocycles. The van der Waals surface area contributed by atoms with Gasteiger partial charge in [-0.1, -0.05) is 37.0 Å². The van der Waals surface area contributed by atoms with Gasteiger partial charge < -0.3 is 10.5 Å². The molecule has 0 aromatic heterocycles. The van der Waals surface area contributed by atoms with Gasteiger partial charge in [-0.15, -0.1) is 0 Å². The van der Waals surface area contributed by atoms with Crippen molar-refractivity contribution in [3.8, 4) is 11.8 Å². The summed E-state index contributed by atoms with van der Waals surface area (Å²) in [7, 11) is 1.58. The molecule has 0 amide bonds. The first-order valence-electron chi connectivity index (χ1n) is 7.27. The van der Waals surface area contributed by atoms with Crippen LogP contribution in [0.3, 0.4) is 0 Å². The minimum atomic E-state index is 0.571. The minimum absolute atomic E-state index is 0.571. The van der Waals surface area contributed by atoms with Crippen molar-refractivity contribution in [3.63, 3.8) is 0 Å². The number of nitrogens with two attached hydrogens (primary N) is 1. The summed E-state index contributed by atoms with van der Waals surface area (Å²) in [6.07, 6.45) is 8.57. The SMILES string of the molecule is COc1ccc(/C=C(/CN)C2CCCCC2)cc1C#N. The molecule has 1 aliphatic carbocycles. The van der Waals surface area contributed by atoms with E-state index in [9.17, 15) is 0 Å². The Morgan fingerprint density at radius 3 is 2.75 bits per heavy atom. The lowest BCUT2D eigenvalue weighted by atomic mass is 9.83. The highest BCUT2D eigenvalue weighted by Gasteiger charge is 2.16. The second-order valence-corrected chi connectivity index (χ2v) is 5.33. The highest BCUT2D eigenvalue weighted by atomic mass is 16.5. The molecule has 1 aliphatic rings. The van der Waals surface area contributed by atoms with E-state index in [0.717, 1.165) is 5.56 Å². The van der Waals surface area contributed by atoms with E-state index in [1.54, 1.807) is 7.11 Å². The van der Waals surface area contributed by atoms with Gasteiger partial charge in [-0.05, 0) is 36.5 Å². The van der Waals surface area contributed by atoms with E-state index < -0.39 is 0 Å². The molecule has 0 unspecified atom stereocenters. The number of nitrogens with zero attached hydrogens (tertiary/aromatic N) is 1. The van der Waals surface area contributed by atoms with E-state index in [-0.39, 0.29) is 0 Å². The van der Waals surface area contributed by atoms with Crippen LogP contribution in [0, 0.1) is 17.2 Å². The number of rotatable bonds is 4. The molecule has 0 heterocycles. The smallest absolute Gasteiger partial charge is 0.136 e. The molecule has 3 heteroatoms. The Bertz CT molecular complexity index is 522. The molecule has 20 heavy (non-hydrogen) atoms. The van der Waals surface area contributed by atoms with Gasteiger partial charge in [0.05, 0.1) is 12.7 Å². The van der Waals surface area contributed by atoms with Crippen molar-refractivity contribution in [2.45, 2.75) is 32.1 Å². The van der Waals surface area contributed by atoms with Crippen molar-refractivity contribution in [2.24, 2.45) is 11.7 Å². The van der Waals surface area contributed by atoms with Crippen molar-refractivity contribution < 1.29 is 4.74 Å². The monoisotopic (exact) mass is 270 g/mol. The zero-order valence-corrected chi connectivity index (χ0v) is 12.1. The molecule has 2 N–H and O–H groups in total. The molecule has 0 saturated heterocycles. The molecule has 3 nitrogen and oxygen atoms in total. The molecule has 0 radical (unpaired) electrons. The van der Waals surface area contributed by atoms with Crippen LogP contribution in [0.15, 0.2) is 23.8 Å². The van der Waals surface area contributed by atoms with E-state index >= 15 is 0 Å². The lowest BCUT2D eigenvalue weighted by Crippen LogP contribution is -2.16. The van der Waals surface area contributed by atoms with E-state index in [2.05, 4.69) is 12.1 Å². The van der Waals surface area contributed by atoms with Gasteiger partial charge >= 0.3 is 0 Å². The Morgan fingerprint density at radius 2 is 2.15 bits per heavy atom. The van der Waals surface area contributed by atoms with Crippen molar-refractivity contribution in [3.05, 3.63) is 34.9 Å². The molecule has 2 rings (SSSR count). The van der Waals surface area contributed by atoms with Gasteiger partial charge in [-0.3, -0.25) is 0 Å². The molecule has 1 aromatic carbocycles. The Morgan fingerprint density at radius 1 is 1.40 bits per heavy atom. The Kier molecular flexibility index (Phi) is 5.20. The van der Waals surface area contributed by atoms with Crippen molar-refractivity contribution in [1.29, 1.82) is 5.26 Å². The van der Waals surface area contributed by atoms with Crippen LogP contribution in [0.5, 0.6) is 5.75 Å². The Hall–Kier alpha value is -1.79. The summed E-state index contributed by atoms with van der Waals surface area (Å²) in [5.74, 6) is 1.23. The van der Waals surface area contributed by atoms with Gasteiger partial charge in [0, 0.05) is 6.54 Å². The van der Waals surface area contributed by atoms with Crippen LogP contribution in [-0.4, -0.2) is 13.7 Å². The number of hydrogen-bond acceptors (Lipinski definition) is 3. The molecule has 0 bridgehead atoms. The highest BCUT2D eigenvalue weighted by Crippen LogP contribution is 2.31. The third-order valence-corrected chi connectivity index (χ3v) is 4.06. The summed E-state index contributed by atoms with van der Waals surface area (Å²) < 4.78 is 5.17. The number of methoxy groups -OCH3 is 1. The van der Waals surface area contributed by atoms with E-state index in [1.807, 2.05) is 18.2 Å². The molecule has 0 spiro atoms. The largest absolute Gasteiger partial charge is 0.495 e. The van der Waals surface area contributed by atoms with Crippen LogP contribution in [0.25, 0.3) is 6.08 Å². The predicted molar refractivity (Wildman–Crippen MR) is 81.3 cm³/mol. The lowest BCUT2D eigenvalue weighted by Gasteiger charge is -2.24. The fourth-order valence-electron chi connectivity index (χ4n) is 2.93. The molecular formula is C17H22N2O. The van der Waals surface area contributed by atoms with Crippen molar-refractivity contribution in [1.82, 2.24) is 0 Å². The van der Waals surface area contributed by atoms with Gasteiger partial charge in [-0.25, -0.2) is 0 Å². The standard InChI is InChI=1S/C17H22N2O/c1-20-17-8-7-13(10-16(17)12-19)9-15(11-18)14-5-3-2-4-6-14/h7-10,14H,2-6,11,18H2,1H3/b15-9-. The molecule has 106 valence electrons. The number of hydrogen-bond donors (Lipinski definition) is 1. The van der Waals surface area contributed by atoms with Crippen LogP contribution >= 0.6 is 0 Å². The molecule has 1 aromatic rings. The summed E-state index contributed by atoms with van der Waals surface area (Å²) in [5.41, 5.74) is 8.83. The zero-order chi connectivity index (χ0) is 14.4. The van der Waals surface area contributed by atoms with E-state index in [4.69, 9.17) is 15.7 Å². The number of ether oxygens (including phenoxy) is 1. The first kappa shape index (κ1) is 14.6. The lowest BCUT2D eigenvalue weighted by molar-refractivity contribution is 0.401. The average Bonchev–Trinajstić information content (AvgIpc) is 2.53. The quantitative estimate of drug-likeness (QED) is 0.911. The topological polar surface area (TPSA) is 59.0 Å². The zero-order valence-electron chi connectivity index (χ0n) is 12.1. The molecule has 1 fully saturated rings. The normalized spacial score (nSPS) is 16.8. The summed E-state index contributed by atoms with van der Waals surface area (Å²) >= 11 is 0. The second kappa shape index (κ2) is 7.12. The first-order chi connectivity index (χ1) is 9.78. The Labute approximate surface area is 121 Å². The van der Waals surface area contributed by atoms with Gasteiger partial charge in [0.2, 0.25) is 0 Å². The molecular weight excluding hydrogens is 248 g/mol. The van der Waals surface area contributed by atoms with Crippen LogP contribution in [-0.2, 0) is 0 Å². The third-order valence-electron chi connectivity index (χ3n) is 4.06. The molecule has 0 atom stereocenters. The average molecular weight is 270 g/mol. The van der Waals surface area contributed by atoms with E-state index in [1.165, 1.54) is 37.7 Å². The highest BCUT2D eigenvalue weighted by molar-refractivity contribution is 5.59. The van der Waals surface area contributed by atoms with Crippen LogP contribution in [0.2, 0.25) is 0 Å². The number of nitriles is 1. The summed E-state index contributed by atoms with van der Waals surface area (Å²) in [6.45, 7) is 0.596. The van der Waals surface area contributed by atoms with Gasteiger partial charge in [0.25, 0.3) is 0 Å². The maximum Gasteiger partial charge on any atom is 0.136 e. The third kappa shape index (κ3) is 3.40. The summed E-state index contributed by atoms with van der Waals surface area (Å²) in [4.78, 5) is 0. The fourth-order valence-corrected chi connectivity index (χ4v) is 2.93. The Balaban J connectivity index is 2.25. The van der Waals surface area contributed by atoms with Crippen LogP contribution in [0.4, 0.5) is 0 Å². The van der Waals surface area contributed by atoms with Gasteiger partial charge in [-0.2, -0.15) is 5.26 Å². The maximum absolute atomic E-state index is 9.14. The fraction of sp³-hybridized carbons (Fsp3) is 0.471. The van der Waals surface area contributed by atoms with Crippen molar-refractivity contribution >= 4 is 6.08 Å². The van der Waals surface area contributed by atoms with Gasteiger partial charge in [0.1, 0.15) is 11.8 Å². The van der Waals surface area contributed by atoms with Crippen LogP contribution < -0.4 is 10.5 Å². The predicted octanol–water partition coefficient (Wildman–Crippen LogP) is 3.49. The van der Waals surface area contributed by atoms with Gasteiger partial charge in [0.15, 0.2) is 0 Å². The summed E-state index contributed by atoms with van der Waals surface area (Å²) in [5, 5.41) is 9.14. The van der Waals surface area contributed by atoms with Crippen molar-refractivity contribution in [2.75, 3.05) is 13.7 Å². The molecule has 0 aliphatic heterocycles. The van der Waals surface area contributed by atoms with Crippen LogP contribution in [0.1, 0.15) is 43.2 Å².